The van der Waals surface area contributed by atoms with Gasteiger partial charge in [0.05, 0.1) is 11.3 Å². The molecule has 0 aliphatic rings. The van der Waals surface area contributed by atoms with Crippen molar-refractivity contribution in [3.05, 3.63) is 59.7 Å². The van der Waals surface area contributed by atoms with Crippen LogP contribution < -0.4 is 10.6 Å². The molecule has 2 heterocycles. The summed E-state index contributed by atoms with van der Waals surface area (Å²) in [5.74, 6) is 0.113. The van der Waals surface area contributed by atoms with Crippen LogP contribution >= 0.6 is 23.1 Å². The molecule has 0 aliphatic heterocycles. The highest BCUT2D eigenvalue weighted by Gasteiger charge is 2.22. The van der Waals surface area contributed by atoms with Crippen molar-refractivity contribution in [3.8, 4) is 11.3 Å². The highest BCUT2D eigenvalue weighted by Crippen LogP contribution is 2.24. The van der Waals surface area contributed by atoms with Crippen LogP contribution in [-0.4, -0.2) is 47.3 Å². The molecule has 0 saturated heterocycles. The summed E-state index contributed by atoms with van der Waals surface area (Å²) in [5.41, 5.74) is 2.19. The minimum atomic E-state index is -0.662. The van der Waals surface area contributed by atoms with Crippen LogP contribution in [0.1, 0.15) is 16.8 Å². The standard InChI is InChI=1S/C19H19BN4O2S2/c1-27-10-8-15(21-17(25)14-7-9-24(20)11-14)18(26)23-19-22-16(12-28-19)13-5-3-2-4-6-13/h2-7,9,11-12,15H,8,10H2,1H3,(H,21,25)(H,22,23,26). The molecular formula is C19H19BN4O2S2. The lowest BCUT2D eigenvalue weighted by Crippen LogP contribution is -2.44. The largest absolute Gasteiger partial charge is 0.409 e. The van der Waals surface area contributed by atoms with Gasteiger partial charge in [-0.25, -0.2) is 4.98 Å². The number of hydrogen-bond acceptors (Lipinski definition) is 5. The molecule has 2 N–H and O–H groups in total. The van der Waals surface area contributed by atoms with Crippen molar-refractivity contribution in [2.75, 3.05) is 17.3 Å². The van der Waals surface area contributed by atoms with E-state index in [9.17, 15) is 9.59 Å². The monoisotopic (exact) mass is 410 g/mol. The van der Waals surface area contributed by atoms with Gasteiger partial charge in [-0.3, -0.25) is 9.59 Å². The maximum atomic E-state index is 12.7. The number of rotatable bonds is 8. The fourth-order valence-electron chi connectivity index (χ4n) is 2.56. The summed E-state index contributed by atoms with van der Waals surface area (Å²) in [6, 6.07) is 10.7. The van der Waals surface area contributed by atoms with Gasteiger partial charge in [0.2, 0.25) is 13.9 Å². The lowest BCUT2D eigenvalue weighted by molar-refractivity contribution is -0.118. The number of nitrogens with zero attached hydrogens (tertiary/aromatic N) is 2. The van der Waals surface area contributed by atoms with Gasteiger partial charge in [-0.15, -0.1) is 11.3 Å². The molecule has 1 atom stereocenters. The first-order chi connectivity index (χ1) is 13.6. The van der Waals surface area contributed by atoms with E-state index < -0.39 is 6.04 Å². The van der Waals surface area contributed by atoms with Crippen LogP contribution in [0.15, 0.2) is 54.2 Å². The normalized spacial score (nSPS) is 11.8. The number of nitrogens with one attached hydrogen (secondary N) is 2. The summed E-state index contributed by atoms with van der Waals surface area (Å²) in [5, 5.41) is 7.99. The van der Waals surface area contributed by atoms with E-state index in [1.807, 2.05) is 42.0 Å². The van der Waals surface area contributed by atoms with Crippen molar-refractivity contribution in [1.82, 2.24) is 14.8 Å². The minimum Gasteiger partial charge on any atom is -0.409 e. The highest BCUT2D eigenvalue weighted by molar-refractivity contribution is 7.98. The average Bonchev–Trinajstić information content (AvgIpc) is 3.34. The lowest BCUT2D eigenvalue weighted by atomic mass is 10.2. The van der Waals surface area contributed by atoms with Crippen LogP contribution in [0.3, 0.4) is 0 Å². The number of hydrogen-bond donors (Lipinski definition) is 2. The molecule has 3 aromatic rings. The Labute approximate surface area is 173 Å². The van der Waals surface area contributed by atoms with Crippen LogP contribution in [-0.2, 0) is 4.79 Å². The van der Waals surface area contributed by atoms with Gasteiger partial charge in [-0.2, -0.15) is 11.8 Å². The second kappa shape index (κ2) is 9.61. The second-order valence-corrected chi connectivity index (χ2v) is 7.89. The first kappa shape index (κ1) is 20.2. The molecule has 6 nitrogen and oxygen atoms in total. The molecule has 1 aromatic carbocycles. The first-order valence-electron chi connectivity index (χ1n) is 8.61. The van der Waals surface area contributed by atoms with Crippen molar-refractivity contribution >= 4 is 48.0 Å². The van der Waals surface area contributed by atoms with Gasteiger partial charge in [0.15, 0.2) is 5.13 Å². The molecule has 28 heavy (non-hydrogen) atoms. The Morgan fingerprint density at radius 3 is 2.75 bits per heavy atom. The molecule has 2 amide bonds. The average molecular weight is 410 g/mol. The summed E-state index contributed by atoms with van der Waals surface area (Å²) in [4.78, 5) is 29.6. The topological polar surface area (TPSA) is 76.0 Å². The van der Waals surface area contributed by atoms with E-state index in [1.54, 1.807) is 24.0 Å². The number of carbonyl (C=O) groups is 2. The van der Waals surface area contributed by atoms with Crippen molar-refractivity contribution in [2.24, 2.45) is 0 Å². The Hall–Kier alpha value is -2.52. The third-order valence-corrected chi connectivity index (χ3v) is 5.41. The molecule has 0 spiro atoms. The maximum Gasteiger partial charge on any atom is 0.253 e. The number of benzene rings is 1. The number of anilines is 1. The Balaban J connectivity index is 1.67. The number of amides is 2. The molecular weight excluding hydrogens is 391 g/mol. The lowest BCUT2D eigenvalue weighted by Gasteiger charge is -2.17. The zero-order valence-electron chi connectivity index (χ0n) is 15.3. The van der Waals surface area contributed by atoms with Gasteiger partial charge in [0.1, 0.15) is 6.04 Å². The molecule has 0 aliphatic carbocycles. The predicted octanol–water partition coefficient (Wildman–Crippen LogP) is 3.03. The highest BCUT2D eigenvalue weighted by atomic mass is 32.2. The summed E-state index contributed by atoms with van der Waals surface area (Å²) in [6.45, 7) is 0. The van der Waals surface area contributed by atoms with Crippen LogP contribution in [0, 0.1) is 0 Å². The molecule has 1 unspecified atom stereocenters. The van der Waals surface area contributed by atoms with E-state index in [4.69, 9.17) is 7.98 Å². The van der Waals surface area contributed by atoms with Crippen LogP contribution in [0.5, 0.6) is 0 Å². The molecule has 142 valence electrons. The summed E-state index contributed by atoms with van der Waals surface area (Å²) in [7, 11) is 5.59. The SMILES string of the molecule is [B]n1ccc(C(=O)NC(CCSC)C(=O)Nc2nc(-c3ccccc3)cs2)c1. The van der Waals surface area contributed by atoms with E-state index >= 15 is 0 Å². The summed E-state index contributed by atoms with van der Waals surface area (Å²) in [6.07, 6.45) is 5.55. The van der Waals surface area contributed by atoms with Crippen LogP contribution in [0.4, 0.5) is 5.13 Å². The van der Waals surface area contributed by atoms with E-state index in [-0.39, 0.29) is 11.8 Å². The Kier molecular flexibility index (Phi) is 6.94. The van der Waals surface area contributed by atoms with Crippen LogP contribution in [0.25, 0.3) is 11.3 Å². The van der Waals surface area contributed by atoms with Crippen molar-refractivity contribution in [1.29, 1.82) is 0 Å². The third-order valence-electron chi connectivity index (χ3n) is 4.01. The molecule has 0 bridgehead atoms. The van der Waals surface area contributed by atoms with Gasteiger partial charge in [-0.05, 0) is 30.7 Å². The van der Waals surface area contributed by atoms with E-state index in [1.165, 1.54) is 22.0 Å². The fourth-order valence-corrected chi connectivity index (χ4v) is 3.75. The number of thioether (sulfide) groups is 1. The van der Waals surface area contributed by atoms with Gasteiger partial charge in [0.25, 0.3) is 5.91 Å². The van der Waals surface area contributed by atoms with E-state index in [2.05, 4.69) is 15.6 Å². The third kappa shape index (κ3) is 5.27. The molecule has 0 saturated carbocycles. The summed E-state index contributed by atoms with van der Waals surface area (Å²) >= 11 is 2.97. The fraction of sp³-hybridized carbons (Fsp3) is 0.211. The quantitative estimate of drug-likeness (QED) is 0.560. The Bertz CT molecular complexity index is 942. The van der Waals surface area contributed by atoms with Gasteiger partial charge in [0, 0.05) is 17.1 Å². The Morgan fingerprint density at radius 1 is 1.29 bits per heavy atom. The zero-order valence-corrected chi connectivity index (χ0v) is 16.9. The molecule has 9 heteroatoms. The Morgan fingerprint density at radius 2 is 2.07 bits per heavy atom. The molecule has 3 rings (SSSR count). The van der Waals surface area contributed by atoms with Crippen LogP contribution in [0.2, 0.25) is 0 Å². The van der Waals surface area contributed by atoms with Crippen molar-refractivity contribution < 1.29 is 9.59 Å². The maximum absolute atomic E-state index is 12.7. The van der Waals surface area contributed by atoms with Gasteiger partial charge in [-0.1, -0.05) is 30.3 Å². The number of aromatic nitrogens is 2. The van der Waals surface area contributed by atoms with Gasteiger partial charge >= 0.3 is 0 Å². The van der Waals surface area contributed by atoms with Crippen molar-refractivity contribution in [3.63, 3.8) is 0 Å². The first-order valence-corrected chi connectivity index (χ1v) is 10.9. The predicted molar refractivity (Wildman–Crippen MR) is 116 cm³/mol. The van der Waals surface area contributed by atoms with E-state index in [0.717, 1.165) is 17.0 Å². The molecule has 2 aromatic heterocycles. The van der Waals surface area contributed by atoms with Gasteiger partial charge < -0.3 is 15.1 Å². The number of thiazole rings is 1. The second-order valence-electron chi connectivity index (χ2n) is 6.05. The molecule has 2 radical (unpaired) electrons. The number of carbonyl (C=O) groups excluding carboxylic acids is 2. The smallest absolute Gasteiger partial charge is 0.253 e. The zero-order chi connectivity index (χ0) is 19.9. The summed E-state index contributed by atoms with van der Waals surface area (Å²) < 4.78 is 1.30. The van der Waals surface area contributed by atoms with E-state index in [0.29, 0.717) is 17.1 Å². The van der Waals surface area contributed by atoms with Crippen molar-refractivity contribution in [2.45, 2.75) is 12.5 Å². The minimum absolute atomic E-state index is 0.288. The molecule has 0 fully saturated rings.